The van der Waals surface area contributed by atoms with E-state index in [2.05, 4.69) is 27.4 Å². The molecule has 0 N–H and O–H groups in total. The smallest absolute Gasteiger partial charge is 0.223 e. The molecule has 0 aliphatic carbocycles. The van der Waals surface area contributed by atoms with E-state index in [1.165, 1.54) is 6.07 Å². The van der Waals surface area contributed by atoms with Gasteiger partial charge in [-0.3, -0.25) is 0 Å². The van der Waals surface area contributed by atoms with E-state index in [1.54, 1.807) is 13.0 Å². The Kier molecular flexibility index (Phi) is 2.41. The minimum Gasteiger partial charge on any atom is -0.223 e. The van der Waals surface area contributed by atoms with Gasteiger partial charge in [-0.05, 0) is 31.3 Å². The predicted molar refractivity (Wildman–Crippen MR) is 43.6 cm³/mol. The molecule has 1 aromatic heterocycles. The highest BCUT2D eigenvalue weighted by Gasteiger charge is 1.99. The molecule has 0 atom stereocenters. The lowest BCUT2D eigenvalue weighted by Crippen LogP contribution is -1.85. The number of rotatable bonds is 1. The van der Waals surface area contributed by atoms with Crippen molar-refractivity contribution >= 4 is 23.1 Å². The van der Waals surface area contributed by atoms with Crippen LogP contribution in [0.25, 0.3) is 0 Å². The molecule has 0 unspecified atom stereocenters. The third-order valence-electron chi connectivity index (χ3n) is 1.13. The maximum Gasteiger partial charge on any atom is 0.239 e. The summed E-state index contributed by atoms with van der Waals surface area (Å²) in [5.41, 5.74) is 0.747. The summed E-state index contributed by atoms with van der Waals surface area (Å²) in [6.45, 7) is 1.70. The van der Waals surface area contributed by atoms with Gasteiger partial charge in [-0.15, -0.1) is 0 Å². The number of hydrogen-bond acceptors (Lipinski definition) is 3. The number of hydrogen-bond donors (Lipinski definition) is 0. The van der Waals surface area contributed by atoms with Gasteiger partial charge in [0.25, 0.3) is 0 Å². The first kappa shape index (κ1) is 7.98. The second-order valence-corrected chi connectivity index (χ2v) is 2.15. The van der Waals surface area contributed by atoms with E-state index in [1.807, 2.05) is 0 Å². The van der Waals surface area contributed by atoms with Gasteiger partial charge in [0.2, 0.25) is 5.95 Å². The van der Waals surface area contributed by atoms with Crippen LogP contribution in [0.15, 0.2) is 17.1 Å². The summed E-state index contributed by atoms with van der Waals surface area (Å²) in [6, 6.07) is 3.17. The first-order valence-corrected chi connectivity index (χ1v) is 3.36. The van der Waals surface area contributed by atoms with Crippen LogP contribution >= 0.6 is 12.2 Å². The quantitative estimate of drug-likeness (QED) is 0.365. The van der Waals surface area contributed by atoms with Gasteiger partial charge in [0.1, 0.15) is 5.69 Å². The first-order valence-electron chi connectivity index (χ1n) is 2.95. The number of halogens is 1. The second-order valence-electron chi connectivity index (χ2n) is 1.97. The van der Waals surface area contributed by atoms with Gasteiger partial charge in [0.05, 0.1) is 5.16 Å². The molecule has 0 aliphatic rings. The van der Waals surface area contributed by atoms with Gasteiger partial charge < -0.3 is 0 Å². The van der Waals surface area contributed by atoms with E-state index in [-0.39, 0.29) is 5.69 Å². The summed E-state index contributed by atoms with van der Waals surface area (Å²) in [5, 5.41) is 2.07. The number of isothiocyanates is 1. The molecule has 0 saturated carbocycles. The molecule has 0 radical (unpaired) electrons. The van der Waals surface area contributed by atoms with Crippen molar-refractivity contribution in [2.45, 2.75) is 6.92 Å². The third-order valence-corrected chi connectivity index (χ3v) is 1.23. The molecular weight excluding hydrogens is 163 g/mol. The largest absolute Gasteiger partial charge is 0.239 e. The minimum absolute atomic E-state index is 0.130. The van der Waals surface area contributed by atoms with E-state index in [9.17, 15) is 4.39 Å². The topological polar surface area (TPSA) is 25.2 Å². The van der Waals surface area contributed by atoms with Gasteiger partial charge in [-0.1, -0.05) is 0 Å². The van der Waals surface area contributed by atoms with Crippen molar-refractivity contribution in [2.24, 2.45) is 4.99 Å². The number of aliphatic imine (C=N–C) groups is 1. The standard InChI is InChI=1S/C7H5FN2S/c1-5-2-3-6(9-4-11)7(8)10-5/h2-3H,1H3. The number of thiocarbonyl (C=S) groups is 1. The van der Waals surface area contributed by atoms with Crippen LogP contribution in [-0.2, 0) is 0 Å². The average molecular weight is 168 g/mol. The normalized spacial score (nSPS) is 8.91. The second kappa shape index (κ2) is 3.32. The summed E-state index contributed by atoms with van der Waals surface area (Å²) in [7, 11) is 0. The summed E-state index contributed by atoms with van der Waals surface area (Å²) < 4.78 is 12.7. The fourth-order valence-electron chi connectivity index (χ4n) is 0.650. The highest BCUT2D eigenvalue weighted by atomic mass is 32.1. The van der Waals surface area contributed by atoms with Gasteiger partial charge in [-0.2, -0.15) is 9.38 Å². The molecule has 1 aromatic rings. The highest BCUT2D eigenvalue weighted by Crippen LogP contribution is 2.14. The Balaban J connectivity index is 3.19. The van der Waals surface area contributed by atoms with Gasteiger partial charge >= 0.3 is 0 Å². The molecule has 1 rings (SSSR count). The monoisotopic (exact) mass is 168 g/mol. The van der Waals surface area contributed by atoms with Gasteiger partial charge in [0.15, 0.2) is 0 Å². The molecule has 4 heteroatoms. The molecule has 0 saturated heterocycles. The molecule has 1 heterocycles. The van der Waals surface area contributed by atoms with Gasteiger partial charge in [-0.25, -0.2) is 4.98 Å². The lowest BCUT2D eigenvalue weighted by Gasteiger charge is -1.93. The Morgan fingerprint density at radius 3 is 2.91 bits per heavy atom. The van der Waals surface area contributed by atoms with E-state index >= 15 is 0 Å². The predicted octanol–water partition coefficient (Wildman–Crippen LogP) is 2.26. The van der Waals surface area contributed by atoms with Crippen LogP contribution < -0.4 is 0 Å². The van der Waals surface area contributed by atoms with Crippen LogP contribution in [0.5, 0.6) is 0 Å². The molecule has 11 heavy (non-hydrogen) atoms. The van der Waals surface area contributed by atoms with Crippen LogP contribution in [0.1, 0.15) is 5.69 Å². The zero-order valence-corrected chi connectivity index (χ0v) is 6.65. The van der Waals surface area contributed by atoms with Gasteiger partial charge in [0, 0.05) is 5.69 Å². The maximum absolute atomic E-state index is 12.7. The van der Waals surface area contributed by atoms with E-state index < -0.39 is 5.95 Å². The van der Waals surface area contributed by atoms with Crippen LogP contribution in [0.3, 0.4) is 0 Å². The van der Waals surface area contributed by atoms with E-state index in [0.29, 0.717) is 5.69 Å². The van der Waals surface area contributed by atoms with Crippen LogP contribution in [-0.4, -0.2) is 10.1 Å². The molecule has 2 nitrogen and oxygen atoms in total. The van der Waals surface area contributed by atoms with Crippen LogP contribution in [0, 0.1) is 12.9 Å². The minimum atomic E-state index is -0.609. The molecule has 0 aliphatic heterocycles. The fraction of sp³-hybridized carbons (Fsp3) is 0.143. The van der Waals surface area contributed by atoms with Crippen molar-refractivity contribution in [1.29, 1.82) is 0 Å². The third kappa shape index (κ3) is 1.90. The number of aromatic nitrogens is 1. The summed E-state index contributed by atoms with van der Waals surface area (Å²) in [5.74, 6) is -0.609. The lowest BCUT2D eigenvalue weighted by molar-refractivity contribution is 0.583. The molecule has 56 valence electrons. The Hall–Kier alpha value is -1.12. The molecule has 0 aromatic carbocycles. The zero-order chi connectivity index (χ0) is 8.27. The number of nitrogens with zero attached hydrogens (tertiary/aromatic N) is 2. The Morgan fingerprint density at radius 2 is 2.36 bits per heavy atom. The van der Waals surface area contributed by atoms with E-state index in [4.69, 9.17) is 0 Å². The molecule has 0 amide bonds. The molecule has 0 fully saturated rings. The van der Waals surface area contributed by atoms with Crippen molar-refractivity contribution in [3.8, 4) is 0 Å². The van der Waals surface area contributed by atoms with Crippen molar-refractivity contribution in [1.82, 2.24) is 4.98 Å². The van der Waals surface area contributed by atoms with E-state index in [0.717, 1.165) is 0 Å². The summed E-state index contributed by atoms with van der Waals surface area (Å²) >= 11 is 4.32. The van der Waals surface area contributed by atoms with Crippen molar-refractivity contribution in [3.63, 3.8) is 0 Å². The molecule has 0 bridgehead atoms. The summed E-state index contributed by atoms with van der Waals surface area (Å²) in [6.07, 6.45) is 0. The SMILES string of the molecule is Cc1ccc(N=C=S)c(F)n1. The lowest BCUT2D eigenvalue weighted by atomic mass is 10.3. The van der Waals surface area contributed by atoms with Crippen molar-refractivity contribution < 1.29 is 4.39 Å². The van der Waals surface area contributed by atoms with Crippen LogP contribution in [0.2, 0.25) is 0 Å². The molecular formula is C7H5FN2S. The first-order chi connectivity index (χ1) is 5.24. The maximum atomic E-state index is 12.7. The zero-order valence-electron chi connectivity index (χ0n) is 5.84. The number of aryl methyl sites for hydroxylation is 1. The molecule has 0 spiro atoms. The van der Waals surface area contributed by atoms with Crippen LogP contribution in [0.4, 0.5) is 10.1 Å². The Labute approximate surface area is 68.8 Å². The Bertz CT molecular complexity index is 318. The number of pyridine rings is 1. The van der Waals surface area contributed by atoms with Crippen molar-refractivity contribution in [2.75, 3.05) is 0 Å². The fourth-order valence-corrected chi connectivity index (χ4v) is 0.749. The highest BCUT2D eigenvalue weighted by molar-refractivity contribution is 7.78. The van der Waals surface area contributed by atoms with Crippen molar-refractivity contribution in [3.05, 3.63) is 23.8 Å². The summed E-state index contributed by atoms with van der Waals surface area (Å²) in [4.78, 5) is 7.02. The average Bonchev–Trinajstić information content (AvgIpc) is 1.95. The Morgan fingerprint density at radius 1 is 1.64 bits per heavy atom.